The Balaban J connectivity index is 1.74. The van der Waals surface area contributed by atoms with E-state index in [1.165, 1.54) is 12.1 Å². The van der Waals surface area contributed by atoms with E-state index in [0.717, 1.165) is 11.1 Å². The molecule has 118 valence electrons. The minimum Gasteiger partial charge on any atom is -0.488 e. The van der Waals surface area contributed by atoms with Crippen LogP contribution in [0.2, 0.25) is 5.02 Å². The molecule has 0 radical (unpaired) electrons. The molecular formula is C18H15ClFNO2. The molecule has 0 aliphatic carbocycles. The molecule has 0 saturated heterocycles. The number of benzene rings is 2. The Labute approximate surface area is 138 Å². The summed E-state index contributed by atoms with van der Waals surface area (Å²) in [6, 6.07) is 11.1. The standard InChI is InChI=1S/C18H15ClFNO2/c1-11(12-2-5-16(20)6-3-12)21-18(22)14-8-13-9-15(19)4-7-17(13)23-10-14/h2-9,11H,10H2,1H3,(H,21,22). The number of nitrogens with one attached hydrogen (secondary N) is 1. The number of hydrogen-bond donors (Lipinski definition) is 1. The average molecular weight is 332 g/mol. The molecule has 0 spiro atoms. The van der Waals surface area contributed by atoms with Crippen molar-refractivity contribution in [2.45, 2.75) is 13.0 Å². The summed E-state index contributed by atoms with van der Waals surface area (Å²) < 4.78 is 18.5. The summed E-state index contributed by atoms with van der Waals surface area (Å²) in [5, 5.41) is 3.48. The van der Waals surface area contributed by atoms with Gasteiger partial charge in [0.05, 0.1) is 11.6 Å². The maximum Gasteiger partial charge on any atom is 0.251 e. The highest BCUT2D eigenvalue weighted by molar-refractivity contribution is 6.30. The molecule has 23 heavy (non-hydrogen) atoms. The van der Waals surface area contributed by atoms with E-state index in [0.29, 0.717) is 16.3 Å². The molecule has 1 unspecified atom stereocenters. The fourth-order valence-corrected chi connectivity index (χ4v) is 2.58. The molecule has 2 aromatic carbocycles. The van der Waals surface area contributed by atoms with Crippen LogP contribution in [0.25, 0.3) is 6.08 Å². The zero-order valence-corrected chi connectivity index (χ0v) is 13.2. The second-order valence-corrected chi connectivity index (χ2v) is 5.82. The van der Waals surface area contributed by atoms with Gasteiger partial charge in [0.15, 0.2) is 0 Å². The molecule has 0 saturated carbocycles. The lowest BCUT2D eigenvalue weighted by Gasteiger charge is -2.20. The van der Waals surface area contributed by atoms with Gasteiger partial charge in [0.25, 0.3) is 5.91 Å². The molecule has 1 atom stereocenters. The predicted molar refractivity (Wildman–Crippen MR) is 87.9 cm³/mol. The van der Waals surface area contributed by atoms with E-state index in [1.807, 2.05) is 6.92 Å². The van der Waals surface area contributed by atoms with E-state index in [9.17, 15) is 9.18 Å². The average Bonchev–Trinajstić information content (AvgIpc) is 2.54. The molecule has 1 aliphatic rings. The number of carbonyl (C=O) groups is 1. The van der Waals surface area contributed by atoms with Gasteiger partial charge < -0.3 is 10.1 Å². The highest BCUT2D eigenvalue weighted by atomic mass is 35.5. The highest BCUT2D eigenvalue weighted by Gasteiger charge is 2.19. The minimum atomic E-state index is -0.302. The van der Waals surface area contributed by atoms with Crippen LogP contribution in [0.5, 0.6) is 5.75 Å². The van der Waals surface area contributed by atoms with Gasteiger partial charge in [-0.05, 0) is 48.9 Å². The second kappa shape index (κ2) is 6.42. The van der Waals surface area contributed by atoms with E-state index >= 15 is 0 Å². The SMILES string of the molecule is CC(NC(=O)C1=Cc2cc(Cl)ccc2OC1)c1ccc(F)cc1. The van der Waals surface area contributed by atoms with Crippen LogP contribution in [0.4, 0.5) is 4.39 Å². The van der Waals surface area contributed by atoms with Gasteiger partial charge in [-0.25, -0.2) is 4.39 Å². The summed E-state index contributed by atoms with van der Waals surface area (Å²) in [6.07, 6.45) is 1.78. The predicted octanol–water partition coefficient (Wildman–Crippen LogP) is 4.13. The Kier molecular flexibility index (Phi) is 4.35. The molecule has 1 heterocycles. The first-order valence-corrected chi connectivity index (χ1v) is 7.60. The van der Waals surface area contributed by atoms with Crippen molar-refractivity contribution in [2.75, 3.05) is 6.61 Å². The van der Waals surface area contributed by atoms with Crippen LogP contribution in [-0.2, 0) is 4.79 Å². The van der Waals surface area contributed by atoms with Crippen LogP contribution in [0.15, 0.2) is 48.0 Å². The lowest BCUT2D eigenvalue weighted by Crippen LogP contribution is -2.30. The summed E-state index contributed by atoms with van der Waals surface area (Å²) in [5.74, 6) is 0.189. The van der Waals surface area contributed by atoms with Crippen molar-refractivity contribution in [2.24, 2.45) is 0 Å². The van der Waals surface area contributed by atoms with Gasteiger partial charge in [-0.3, -0.25) is 4.79 Å². The summed E-state index contributed by atoms with van der Waals surface area (Å²) in [7, 11) is 0. The fraction of sp³-hybridized carbons (Fsp3) is 0.167. The largest absolute Gasteiger partial charge is 0.488 e. The Morgan fingerprint density at radius 3 is 2.74 bits per heavy atom. The molecule has 0 aromatic heterocycles. The van der Waals surface area contributed by atoms with Crippen LogP contribution in [0.3, 0.4) is 0 Å². The van der Waals surface area contributed by atoms with Crippen LogP contribution in [0, 0.1) is 5.82 Å². The zero-order chi connectivity index (χ0) is 16.4. The van der Waals surface area contributed by atoms with E-state index < -0.39 is 0 Å². The third-order valence-electron chi connectivity index (χ3n) is 3.69. The van der Waals surface area contributed by atoms with Gasteiger partial charge in [0, 0.05) is 10.6 Å². The molecule has 1 N–H and O–H groups in total. The molecule has 3 rings (SSSR count). The maximum atomic E-state index is 13.0. The number of fused-ring (bicyclic) bond motifs is 1. The number of ether oxygens (including phenoxy) is 1. The first-order chi connectivity index (χ1) is 11.0. The Morgan fingerprint density at radius 2 is 2.00 bits per heavy atom. The van der Waals surface area contributed by atoms with Gasteiger partial charge in [0.2, 0.25) is 0 Å². The van der Waals surface area contributed by atoms with Gasteiger partial charge in [-0.1, -0.05) is 23.7 Å². The lowest BCUT2D eigenvalue weighted by atomic mass is 10.1. The third-order valence-corrected chi connectivity index (χ3v) is 3.93. The Morgan fingerprint density at radius 1 is 1.26 bits per heavy atom. The molecule has 0 bridgehead atoms. The number of rotatable bonds is 3. The summed E-state index contributed by atoms with van der Waals surface area (Å²) in [6.45, 7) is 2.05. The summed E-state index contributed by atoms with van der Waals surface area (Å²) >= 11 is 5.97. The second-order valence-electron chi connectivity index (χ2n) is 5.39. The first kappa shape index (κ1) is 15.6. The van der Waals surface area contributed by atoms with Crippen molar-refractivity contribution in [3.63, 3.8) is 0 Å². The van der Waals surface area contributed by atoms with Crippen molar-refractivity contribution >= 4 is 23.6 Å². The summed E-state index contributed by atoms with van der Waals surface area (Å²) in [4.78, 5) is 12.4. The smallest absolute Gasteiger partial charge is 0.251 e. The molecule has 1 aliphatic heterocycles. The summed E-state index contributed by atoms with van der Waals surface area (Å²) in [5.41, 5.74) is 2.14. The molecule has 2 aromatic rings. The van der Waals surface area contributed by atoms with Crippen LogP contribution in [0.1, 0.15) is 24.1 Å². The fourth-order valence-electron chi connectivity index (χ4n) is 2.40. The van der Waals surface area contributed by atoms with E-state index in [1.54, 1.807) is 36.4 Å². The van der Waals surface area contributed by atoms with Crippen molar-refractivity contribution in [1.29, 1.82) is 0 Å². The molecule has 1 amide bonds. The monoisotopic (exact) mass is 331 g/mol. The van der Waals surface area contributed by atoms with Gasteiger partial charge in [-0.2, -0.15) is 0 Å². The van der Waals surface area contributed by atoms with Gasteiger partial charge in [-0.15, -0.1) is 0 Å². The number of hydrogen-bond acceptors (Lipinski definition) is 2. The zero-order valence-electron chi connectivity index (χ0n) is 12.5. The van der Waals surface area contributed by atoms with Crippen molar-refractivity contribution in [3.05, 3.63) is 70.0 Å². The normalized spacial score (nSPS) is 14.3. The number of carbonyl (C=O) groups excluding carboxylic acids is 1. The quantitative estimate of drug-likeness (QED) is 0.918. The van der Waals surface area contributed by atoms with Gasteiger partial charge >= 0.3 is 0 Å². The van der Waals surface area contributed by atoms with Crippen molar-refractivity contribution in [3.8, 4) is 5.75 Å². The maximum absolute atomic E-state index is 13.0. The number of halogens is 2. The van der Waals surface area contributed by atoms with Crippen LogP contribution in [-0.4, -0.2) is 12.5 Å². The molecule has 5 heteroatoms. The topological polar surface area (TPSA) is 38.3 Å². The Bertz CT molecular complexity index is 771. The van der Waals surface area contributed by atoms with Crippen molar-refractivity contribution < 1.29 is 13.9 Å². The van der Waals surface area contributed by atoms with E-state index in [2.05, 4.69) is 5.32 Å². The minimum absolute atomic E-state index is 0.205. The molecule has 3 nitrogen and oxygen atoms in total. The first-order valence-electron chi connectivity index (χ1n) is 7.22. The Hall–Kier alpha value is -2.33. The molecule has 0 fully saturated rings. The van der Waals surface area contributed by atoms with Crippen LogP contribution >= 0.6 is 11.6 Å². The van der Waals surface area contributed by atoms with E-state index in [4.69, 9.17) is 16.3 Å². The lowest BCUT2D eigenvalue weighted by molar-refractivity contribution is -0.118. The highest BCUT2D eigenvalue weighted by Crippen LogP contribution is 2.29. The van der Waals surface area contributed by atoms with Crippen molar-refractivity contribution in [1.82, 2.24) is 5.32 Å². The van der Waals surface area contributed by atoms with E-state index in [-0.39, 0.29) is 24.4 Å². The van der Waals surface area contributed by atoms with Gasteiger partial charge in [0.1, 0.15) is 18.2 Å². The van der Waals surface area contributed by atoms with Crippen LogP contribution < -0.4 is 10.1 Å². The molecular weight excluding hydrogens is 317 g/mol. The number of amides is 1. The third kappa shape index (κ3) is 3.54.